The van der Waals surface area contributed by atoms with Crippen LogP contribution in [0.1, 0.15) is 36.0 Å². The quantitative estimate of drug-likeness (QED) is 0.909. The summed E-state index contributed by atoms with van der Waals surface area (Å²) in [5, 5.41) is 3.11. The fourth-order valence-corrected chi connectivity index (χ4v) is 2.85. The van der Waals surface area contributed by atoms with E-state index >= 15 is 0 Å². The molecular formula is C15H19ClN4O. The number of hydrogen-bond acceptors (Lipinski definition) is 4. The number of rotatable bonds is 3. The molecule has 1 aliphatic rings. The Morgan fingerprint density at radius 3 is 2.52 bits per heavy atom. The van der Waals surface area contributed by atoms with E-state index in [2.05, 4.69) is 15.3 Å². The van der Waals surface area contributed by atoms with Gasteiger partial charge in [-0.05, 0) is 31.0 Å². The number of nitrogens with zero attached hydrogens (tertiary/aromatic N) is 2. The van der Waals surface area contributed by atoms with Gasteiger partial charge in [-0.1, -0.05) is 12.8 Å². The second-order valence-corrected chi connectivity index (χ2v) is 5.41. The molecule has 1 aromatic heterocycles. The Balaban J connectivity index is 0.00000161. The molecule has 0 bridgehead atoms. The Hall–Kier alpha value is -1.72. The summed E-state index contributed by atoms with van der Waals surface area (Å²) >= 11 is 0. The average Bonchev–Trinajstić information content (AvgIpc) is 2.96. The van der Waals surface area contributed by atoms with Gasteiger partial charge in [0.1, 0.15) is 0 Å². The Morgan fingerprint density at radius 1 is 1.19 bits per heavy atom. The third-order valence-corrected chi connectivity index (χ3v) is 4.06. The van der Waals surface area contributed by atoms with Gasteiger partial charge in [0, 0.05) is 24.5 Å². The van der Waals surface area contributed by atoms with Crippen molar-refractivity contribution in [2.24, 2.45) is 5.73 Å². The Labute approximate surface area is 129 Å². The molecule has 0 aliphatic heterocycles. The van der Waals surface area contributed by atoms with Crippen LogP contribution in [0.15, 0.2) is 30.6 Å². The molecule has 1 saturated carbocycles. The van der Waals surface area contributed by atoms with E-state index in [1.54, 1.807) is 24.5 Å². The van der Waals surface area contributed by atoms with E-state index < -0.39 is 0 Å². The number of carbonyl (C=O) groups excluding carboxylic acids is 1. The van der Waals surface area contributed by atoms with Crippen molar-refractivity contribution in [1.82, 2.24) is 15.3 Å². The van der Waals surface area contributed by atoms with Crippen LogP contribution in [-0.2, 0) is 0 Å². The van der Waals surface area contributed by atoms with Gasteiger partial charge in [-0.3, -0.25) is 14.8 Å². The normalized spacial score (nSPS) is 16.4. The molecule has 1 amide bonds. The van der Waals surface area contributed by atoms with Crippen molar-refractivity contribution in [3.63, 3.8) is 0 Å². The van der Waals surface area contributed by atoms with Crippen molar-refractivity contribution in [2.45, 2.75) is 31.2 Å². The molecule has 2 aromatic rings. The van der Waals surface area contributed by atoms with Crippen molar-refractivity contribution in [2.75, 3.05) is 6.54 Å². The van der Waals surface area contributed by atoms with Crippen LogP contribution < -0.4 is 11.1 Å². The number of fused-ring (bicyclic) bond motifs is 1. The number of amides is 1. The number of hydrogen-bond donors (Lipinski definition) is 2. The van der Waals surface area contributed by atoms with Gasteiger partial charge >= 0.3 is 0 Å². The second-order valence-electron chi connectivity index (χ2n) is 5.41. The standard InChI is InChI=1S/C15H18N4O.ClH/c16-10-15(5-1-2-6-15)19-14(20)11-3-4-12-13(9-11)18-8-7-17-12;/h3-4,7-9H,1-2,5-6,10,16H2,(H,19,20);1H. The molecule has 5 nitrogen and oxygen atoms in total. The van der Waals surface area contributed by atoms with Gasteiger partial charge in [0.25, 0.3) is 5.91 Å². The van der Waals surface area contributed by atoms with Crippen LogP contribution in [0.25, 0.3) is 11.0 Å². The topological polar surface area (TPSA) is 80.9 Å². The van der Waals surface area contributed by atoms with E-state index in [1.807, 2.05) is 6.07 Å². The third-order valence-electron chi connectivity index (χ3n) is 4.06. The molecule has 21 heavy (non-hydrogen) atoms. The van der Waals surface area contributed by atoms with Crippen LogP contribution in [0.3, 0.4) is 0 Å². The molecule has 1 aliphatic carbocycles. The number of nitrogens with two attached hydrogens (primary N) is 1. The van der Waals surface area contributed by atoms with Crippen LogP contribution in [0.5, 0.6) is 0 Å². The molecule has 1 fully saturated rings. The SMILES string of the molecule is Cl.NCC1(NC(=O)c2ccc3nccnc3c2)CCCC1. The van der Waals surface area contributed by atoms with E-state index in [9.17, 15) is 4.79 Å². The molecule has 112 valence electrons. The van der Waals surface area contributed by atoms with Crippen molar-refractivity contribution in [3.05, 3.63) is 36.2 Å². The highest BCUT2D eigenvalue weighted by Crippen LogP contribution is 2.29. The fourth-order valence-electron chi connectivity index (χ4n) is 2.85. The highest BCUT2D eigenvalue weighted by Gasteiger charge is 2.34. The molecule has 6 heteroatoms. The predicted molar refractivity (Wildman–Crippen MR) is 84.5 cm³/mol. The molecule has 3 rings (SSSR count). The average molecular weight is 307 g/mol. The summed E-state index contributed by atoms with van der Waals surface area (Å²) in [5.41, 5.74) is 7.75. The number of carbonyl (C=O) groups is 1. The maximum Gasteiger partial charge on any atom is 0.251 e. The maximum absolute atomic E-state index is 12.4. The molecule has 1 aromatic carbocycles. The van der Waals surface area contributed by atoms with Crippen molar-refractivity contribution < 1.29 is 4.79 Å². The minimum atomic E-state index is -0.228. The zero-order valence-corrected chi connectivity index (χ0v) is 12.5. The summed E-state index contributed by atoms with van der Waals surface area (Å²) < 4.78 is 0. The van der Waals surface area contributed by atoms with E-state index in [4.69, 9.17) is 5.73 Å². The minimum absolute atomic E-state index is 0. The monoisotopic (exact) mass is 306 g/mol. The van der Waals surface area contributed by atoms with Crippen LogP contribution in [-0.4, -0.2) is 28.0 Å². The molecule has 1 heterocycles. The smallest absolute Gasteiger partial charge is 0.251 e. The first kappa shape index (κ1) is 15.7. The van der Waals surface area contributed by atoms with Crippen molar-refractivity contribution in [1.29, 1.82) is 0 Å². The van der Waals surface area contributed by atoms with Crippen molar-refractivity contribution in [3.8, 4) is 0 Å². The van der Waals surface area contributed by atoms with Crippen LogP contribution in [0, 0.1) is 0 Å². The zero-order chi connectivity index (χ0) is 14.0. The number of benzene rings is 1. The Bertz CT molecular complexity index is 640. The van der Waals surface area contributed by atoms with E-state index in [-0.39, 0.29) is 23.9 Å². The highest BCUT2D eigenvalue weighted by atomic mass is 35.5. The lowest BCUT2D eigenvalue weighted by molar-refractivity contribution is 0.0903. The molecule has 0 unspecified atom stereocenters. The number of aromatic nitrogens is 2. The van der Waals surface area contributed by atoms with Gasteiger partial charge in [0.05, 0.1) is 16.6 Å². The lowest BCUT2D eigenvalue weighted by atomic mass is 9.97. The summed E-state index contributed by atoms with van der Waals surface area (Å²) in [7, 11) is 0. The van der Waals surface area contributed by atoms with E-state index in [0.29, 0.717) is 12.1 Å². The fraction of sp³-hybridized carbons (Fsp3) is 0.400. The first-order chi connectivity index (χ1) is 9.72. The highest BCUT2D eigenvalue weighted by molar-refractivity contribution is 5.97. The lowest BCUT2D eigenvalue weighted by Crippen LogP contribution is -2.51. The predicted octanol–water partition coefficient (Wildman–Crippen LogP) is 2.05. The number of halogens is 1. The lowest BCUT2D eigenvalue weighted by Gasteiger charge is -2.28. The molecule has 0 saturated heterocycles. The van der Waals surface area contributed by atoms with Crippen LogP contribution in [0.4, 0.5) is 0 Å². The maximum atomic E-state index is 12.4. The van der Waals surface area contributed by atoms with Crippen molar-refractivity contribution >= 4 is 29.3 Å². The van der Waals surface area contributed by atoms with Gasteiger partial charge in [0.2, 0.25) is 0 Å². The summed E-state index contributed by atoms with van der Waals surface area (Å²) in [6.07, 6.45) is 7.44. The van der Waals surface area contributed by atoms with Gasteiger partial charge in [-0.2, -0.15) is 0 Å². The van der Waals surface area contributed by atoms with Crippen LogP contribution in [0.2, 0.25) is 0 Å². The summed E-state index contributed by atoms with van der Waals surface area (Å²) in [6.45, 7) is 0.492. The Kier molecular flexibility index (Phi) is 4.75. The minimum Gasteiger partial charge on any atom is -0.345 e. The first-order valence-corrected chi connectivity index (χ1v) is 6.96. The van der Waals surface area contributed by atoms with Gasteiger partial charge in [0.15, 0.2) is 0 Å². The number of nitrogens with one attached hydrogen (secondary N) is 1. The third kappa shape index (κ3) is 3.14. The molecule has 0 radical (unpaired) electrons. The zero-order valence-electron chi connectivity index (χ0n) is 11.7. The first-order valence-electron chi connectivity index (χ1n) is 6.96. The van der Waals surface area contributed by atoms with Gasteiger partial charge in [-0.15, -0.1) is 12.4 Å². The molecule has 3 N–H and O–H groups in total. The molecule has 0 atom stereocenters. The molecular weight excluding hydrogens is 288 g/mol. The van der Waals surface area contributed by atoms with Gasteiger partial charge < -0.3 is 11.1 Å². The summed E-state index contributed by atoms with van der Waals surface area (Å²) in [6, 6.07) is 5.38. The largest absolute Gasteiger partial charge is 0.345 e. The summed E-state index contributed by atoms with van der Waals surface area (Å²) in [5.74, 6) is -0.0788. The Morgan fingerprint density at radius 2 is 1.86 bits per heavy atom. The van der Waals surface area contributed by atoms with Gasteiger partial charge in [-0.25, -0.2) is 0 Å². The molecule has 0 spiro atoms. The van der Waals surface area contributed by atoms with E-state index in [1.165, 1.54) is 0 Å². The summed E-state index contributed by atoms with van der Waals surface area (Å²) in [4.78, 5) is 20.8. The second kappa shape index (κ2) is 6.37. The van der Waals surface area contributed by atoms with Crippen LogP contribution >= 0.6 is 12.4 Å². The van der Waals surface area contributed by atoms with E-state index in [0.717, 1.165) is 36.7 Å².